The number of imidazole rings is 1. The van der Waals surface area contributed by atoms with Gasteiger partial charge < -0.3 is 24.8 Å². The van der Waals surface area contributed by atoms with Crippen LogP contribution in [-0.2, 0) is 11.2 Å². The number of aromatic nitrogens is 2. The van der Waals surface area contributed by atoms with E-state index in [1.807, 2.05) is 18.2 Å². The highest BCUT2D eigenvalue weighted by Crippen LogP contribution is 2.29. The third-order valence-corrected chi connectivity index (χ3v) is 7.66. The van der Waals surface area contributed by atoms with Crippen LogP contribution < -0.4 is 5.32 Å². The molecule has 35 heavy (non-hydrogen) atoms. The third kappa shape index (κ3) is 6.12. The van der Waals surface area contributed by atoms with Gasteiger partial charge in [-0.05, 0) is 54.8 Å². The molecule has 1 amide bonds. The predicted molar refractivity (Wildman–Crippen MR) is 139 cm³/mol. The zero-order valence-electron chi connectivity index (χ0n) is 21.0. The molecule has 0 radical (unpaired) electrons. The molecule has 3 aromatic rings. The van der Waals surface area contributed by atoms with E-state index >= 15 is 0 Å². The molecule has 190 valence electrons. The molecule has 4 atom stereocenters. The van der Waals surface area contributed by atoms with Crippen LogP contribution in [0.1, 0.15) is 80.5 Å². The lowest BCUT2D eigenvalue weighted by atomic mass is 9.96. The molecule has 4 rings (SSSR count). The number of rotatable bonds is 12. The first-order valence-electron chi connectivity index (χ1n) is 12.7. The van der Waals surface area contributed by atoms with Gasteiger partial charge in [0.1, 0.15) is 11.9 Å². The highest BCUT2D eigenvalue weighted by molar-refractivity contribution is 7.09. The Kier molecular flexibility index (Phi) is 8.27. The van der Waals surface area contributed by atoms with Gasteiger partial charge in [0.05, 0.1) is 23.2 Å². The van der Waals surface area contributed by atoms with Gasteiger partial charge in [0.2, 0.25) is 0 Å². The molecule has 0 spiro atoms. The minimum Gasteiger partial charge on any atom is -0.391 e. The molecule has 0 saturated carbocycles. The Balaban J connectivity index is 1.59. The first-order chi connectivity index (χ1) is 16.8. The Bertz CT molecular complexity index is 1120. The average Bonchev–Trinajstić information content (AvgIpc) is 3.18. The fourth-order valence-electron chi connectivity index (χ4n) is 4.82. The second-order valence-corrected chi connectivity index (χ2v) is 10.9. The van der Waals surface area contributed by atoms with Crippen LogP contribution in [0.3, 0.4) is 0 Å². The van der Waals surface area contributed by atoms with Crippen LogP contribution in [0.25, 0.3) is 11.0 Å². The topological polar surface area (TPSA) is 99.9 Å². The van der Waals surface area contributed by atoms with Gasteiger partial charge in [0, 0.05) is 29.3 Å². The van der Waals surface area contributed by atoms with E-state index in [9.17, 15) is 15.0 Å². The van der Waals surface area contributed by atoms with E-state index in [-0.39, 0.29) is 17.9 Å². The van der Waals surface area contributed by atoms with Crippen molar-refractivity contribution in [1.82, 2.24) is 14.9 Å². The van der Waals surface area contributed by atoms with Crippen molar-refractivity contribution < 1.29 is 19.7 Å². The van der Waals surface area contributed by atoms with E-state index in [4.69, 9.17) is 9.72 Å². The third-order valence-electron chi connectivity index (χ3n) is 6.78. The minimum atomic E-state index is -0.809. The predicted octanol–water partition coefficient (Wildman–Crippen LogP) is 4.66. The van der Waals surface area contributed by atoms with Crippen LogP contribution >= 0.6 is 11.3 Å². The van der Waals surface area contributed by atoms with Gasteiger partial charge in [0.15, 0.2) is 6.29 Å². The summed E-state index contributed by atoms with van der Waals surface area (Å²) < 4.78 is 7.38. The lowest BCUT2D eigenvalue weighted by Crippen LogP contribution is -2.44. The zero-order valence-corrected chi connectivity index (χ0v) is 21.8. The van der Waals surface area contributed by atoms with Crippen LogP contribution in [0, 0.1) is 5.92 Å². The molecule has 8 heteroatoms. The van der Waals surface area contributed by atoms with Crippen LogP contribution in [0.5, 0.6) is 0 Å². The zero-order chi connectivity index (χ0) is 25.1. The summed E-state index contributed by atoms with van der Waals surface area (Å²) in [7, 11) is 0. The van der Waals surface area contributed by atoms with E-state index < -0.39 is 18.4 Å². The fraction of sp³-hybridized carbons (Fsp3) is 0.556. The maximum Gasteiger partial charge on any atom is 0.251 e. The van der Waals surface area contributed by atoms with Crippen LogP contribution in [-0.4, -0.2) is 50.2 Å². The molecular weight excluding hydrogens is 462 g/mol. The van der Waals surface area contributed by atoms with Crippen molar-refractivity contribution >= 4 is 28.3 Å². The highest BCUT2D eigenvalue weighted by atomic mass is 32.1. The summed E-state index contributed by atoms with van der Waals surface area (Å²) in [5.41, 5.74) is 2.38. The molecule has 1 fully saturated rings. The first-order valence-corrected chi connectivity index (χ1v) is 13.5. The van der Waals surface area contributed by atoms with Gasteiger partial charge in [0.25, 0.3) is 5.91 Å². The maximum atomic E-state index is 13.2. The Morgan fingerprint density at radius 1 is 1.26 bits per heavy atom. The summed E-state index contributed by atoms with van der Waals surface area (Å²) in [4.78, 5) is 19.4. The number of aliphatic hydroxyl groups is 2. The standard InChI is InChI=1S/C27H37N3O4S/c1-5-18(6-2)30-22-10-9-17(13-20(22)28-25(30)14-19-8-7-11-35-19)26(32)29-21(12-16(3)4)23(31)15-24-27(33)34-24/h7-11,13,16,18,21,23-24,27,31,33H,5-6,12,14-15H2,1-4H3,(H,29,32)/t21-,23-,24?,27?/m0/s1. The average molecular weight is 500 g/mol. The number of hydrogen-bond acceptors (Lipinski definition) is 6. The number of carbonyl (C=O) groups is 1. The molecule has 1 aliphatic heterocycles. The largest absolute Gasteiger partial charge is 0.391 e. The number of aliphatic hydroxyl groups excluding tert-OH is 2. The van der Waals surface area contributed by atoms with Crippen molar-refractivity contribution in [3.63, 3.8) is 0 Å². The van der Waals surface area contributed by atoms with Crippen molar-refractivity contribution in [2.24, 2.45) is 5.92 Å². The molecule has 2 aromatic heterocycles. The van der Waals surface area contributed by atoms with Gasteiger partial charge >= 0.3 is 0 Å². The number of carbonyl (C=O) groups excluding carboxylic acids is 1. The second kappa shape index (κ2) is 11.2. The molecule has 1 aromatic carbocycles. The summed E-state index contributed by atoms with van der Waals surface area (Å²) in [6, 6.07) is 9.81. The number of fused-ring (bicyclic) bond motifs is 1. The number of thiophene rings is 1. The smallest absolute Gasteiger partial charge is 0.251 e. The SMILES string of the molecule is CCC(CC)n1c(Cc2cccs2)nc2cc(C(=O)N[C@@H](CC(C)C)[C@@H](O)CC3OC3O)ccc21. The lowest BCUT2D eigenvalue weighted by molar-refractivity contribution is 0.0754. The van der Waals surface area contributed by atoms with Crippen LogP contribution in [0.15, 0.2) is 35.7 Å². The Labute approximate surface area is 211 Å². The molecule has 3 heterocycles. The number of hydrogen-bond donors (Lipinski definition) is 3. The van der Waals surface area contributed by atoms with Gasteiger partial charge in [-0.15, -0.1) is 11.3 Å². The Morgan fingerprint density at radius 3 is 2.60 bits per heavy atom. The summed E-state index contributed by atoms with van der Waals surface area (Å²) in [5.74, 6) is 1.08. The number of nitrogens with one attached hydrogen (secondary N) is 1. The molecule has 7 nitrogen and oxygen atoms in total. The van der Waals surface area contributed by atoms with Crippen LogP contribution in [0.4, 0.5) is 0 Å². The van der Waals surface area contributed by atoms with Gasteiger partial charge in [-0.1, -0.05) is 33.8 Å². The highest BCUT2D eigenvalue weighted by Gasteiger charge is 2.40. The molecule has 1 saturated heterocycles. The number of amides is 1. The quantitative estimate of drug-likeness (QED) is 0.315. The van der Waals surface area contributed by atoms with Crippen molar-refractivity contribution in [3.05, 3.63) is 52.0 Å². The second-order valence-electron chi connectivity index (χ2n) is 9.91. The summed E-state index contributed by atoms with van der Waals surface area (Å²) >= 11 is 1.73. The van der Waals surface area contributed by atoms with E-state index in [0.29, 0.717) is 24.4 Å². The van der Waals surface area contributed by atoms with Crippen molar-refractivity contribution in [3.8, 4) is 0 Å². The molecule has 0 bridgehead atoms. The Morgan fingerprint density at radius 2 is 2.00 bits per heavy atom. The maximum absolute atomic E-state index is 13.2. The number of nitrogens with zero attached hydrogens (tertiary/aromatic N) is 2. The number of epoxide rings is 1. The van der Waals surface area contributed by atoms with Gasteiger partial charge in [-0.2, -0.15) is 0 Å². The number of benzene rings is 1. The fourth-order valence-corrected chi connectivity index (χ4v) is 5.53. The van der Waals surface area contributed by atoms with Gasteiger partial charge in [-0.3, -0.25) is 4.79 Å². The normalized spacial score (nSPS) is 19.4. The molecule has 0 aliphatic carbocycles. The number of ether oxygens (including phenoxy) is 1. The molecular formula is C27H37N3O4S. The van der Waals surface area contributed by atoms with Gasteiger partial charge in [-0.25, -0.2) is 4.98 Å². The van der Waals surface area contributed by atoms with E-state index in [1.165, 1.54) is 4.88 Å². The van der Waals surface area contributed by atoms with E-state index in [1.54, 1.807) is 11.3 Å². The van der Waals surface area contributed by atoms with E-state index in [2.05, 4.69) is 55.1 Å². The Hall–Kier alpha value is -2.26. The van der Waals surface area contributed by atoms with Crippen molar-refractivity contribution in [2.75, 3.05) is 0 Å². The van der Waals surface area contributed by atoms with Crippen molar-refractivity contribution in [2.45, 2.75) is 90.4 Å². The van der Waals surface area contributed by atoms with Crippen molar-refractivity contribution in [1.29, 1.82) is 0 Å². The minimum absolute atomic E-state index is 0.231. The van der Waals surface area contributed by atoms with E-state index in [0.717, 1.165) is 36.1 Å². The summed E-state index contributed by atoms with van der Waals surface area (Å²) in [6.07, 6.45) is 1.75. The lowest BCUT2D eigenvalue weighted by Gasteiger charge is -2.25. The molecule has 2 unspecified atom stereocenters. The molecule has 3 N–H and O–H groups in total. The summed E-state index contributed by atoms with van der Waals surface area (Å²) in [5, 5.41) is 25.3. The summed E-state index contributed by atoms with van der Waals surface area (Å²) in [6.45, 7) is 8.51. The monoisotopic (exact) mass is 499 g/mol. The van der Waals surface area contributed by atoms with Crippen LogP contribution in [0.2, 0.25) is 0 Å². The molecule has 1 aliphatic rings. The first kappa shape index (κ1) is 25.8.